The molecule has 6 rings (SSSR count). The van der Waals surface area contributed by atoms with Gasteiger partial charge in [0.05, 0.1) is 34.5 Å². The predicted molar refractivity (Wildman–Crippen MR) is 187 cm³/mol. The van der Waals surface area contributed by atoms with Crippen LogP contribution in [0.5, 0.6) is 23.0 Å². The molecule has 0 bridgehead atoms. The van der Waals surface area contributed by atoms with Crippen LogP contribution in [0.2, 0.25) is 0 Å². The summed E-state index contributed by atoms with van der Waals surface area (Å²) >= 11 is 0. The minimum atomic E-state index is -0.447. The molecule has 2 N–H and O–H groups in total. The molecule has 13 nitrogen and oxygen atoms in total. The maximum Gasteiger partial charge on any atom is 1.00 e. The van der Waals surface area contributed by atoms with Gasteiger partial charge < -0.3 is 25.5 Å². The van der Waals surface area contributed by atoms with Crippen LogP contribution in [0.3, 0.4) is 0 Å². The smallest absolute Gasteiger partial charge is 1.00 e. The number of hydrogen-bond acceptors (Lipinski definition) is 11. The number of benzene rings is 4. The third-order valence-corrected chi connectivity index (χ3v) is 7.56. The number of fused-ring (bicyclic) bond motifs is 2. The van der Waals surface area contributed by atoms with E-state index in [0.717, 1.165) is 44.2 Å². The van der Waals surface area contributed by atoms with Crippen molar-refractivity contribution in [3.8, 4) is 23.0 Å². The molecular weight excluding hydrogens is 652 g/mol. The van der Waals surface area contributed by atoms with E-state index in [0.29, 0.717) is 17.4 Å². The van der Waals surface area contributed by atoms with Crippen molar-refractivity contribution in [3.05, 3.63) is 84.4 Å². The maximum absolute atomic E-state index is 10.1. The van der Waals surface area contributed by atoms with Crippen molar-refractivity contribution in [1.82, 2.24) is 40.8 Å². The van der Waals surface area contributed by atoms with Crippen LogP contribution in [0.15, 0.2) is 73.3 Å². The number of aromatic nitrogens is 8. The normalized spacial score (nSPS) is 11.7. The molecule has 49 heavy (non-hydrogen) atoms. The van der Waals surface area contributed by atoms with Crippen LogP contribution >= 0.6 is 0 Å². The number of aromatic amines is 1. The van der Waals surface area contributed by atoms with E-state index in [4.69, 9.17) is 18.9 Å². The monoisotopic (exact) mass is 698 g/mol. The number of methoxy groups -OCH3 is 4. The number of aliphatic hydroxyl groups is 1. The first kappa shape index (κ1) is 41.5. The fourth-order valence-electron chi connectivity index (χ4n) is 5.16. The fraction of sp³-hybridized carbons (Fsp3) is 0.371. The Balaban J connectivity index is 0.000000421. The number of tetrazole rings is 2. The van der Waals surface area contributed by atoms with E-state index < -0.39 is 6.10 Å². The molecule has 0 aliphatic heterocycles. The summed E-state index contributed by atoms with van der Waals surface area (Å²) in [6.07, 6.45) is 2.35. The van der Waals surface area contributed by atoms with Gasteiger partial charge in [0.25, 0.3) is 0 Å². The Kier molecular flexibility index (Phi) is 17.0. The van der Waals surface area contributed by atoms with Crippen molar-refractivity contribution in [1.29, 1.82) is 0 Å². The number of aliphatic hydroxyl groups excluding tert-OH is 1. The summed E-state index contributed by atoms with van der Waals surface area (Å²) in [5.41, 5.74) is 2.06. The Morgan fingerprint density at radius 2 is 1.14 bits per heavy atom. The van der Waals surface area contributed by atoms with Gasteiger partial charge in [0, 0.05) is 0 Å². The van der Waals surface area contributed by atoms with E-state index in [1.807, 2.05) is 56.3 Å². The summed E-state index contributed by atoms with van der Waals surface area (Å²) in [6, 6.07) is 20.2. The maximum atomic E-state index is 10.1. The van der Waals surface area contributed by atoms with Gasteiger partial charge in [-0.1, -0.05) is 64.6 Å². The Labute approximate surface area is 331 Å². The molecule has 0 aliphatic rings. The first-order valence-corrected chi connectivity index (χ1v) is 15.1. The average molecular weight is 699 g/mol. The molecule has 258 valence electrons. The number of H-pyrrole nitrogens is 1. The van der Waals surface area contributed by atoms with Crippen LogP contribution in [0, 0.1) is 11.8 Å². The van der Waals surface area contributed by atoms with E-state index in [1.54, 1.807) is 33.2 Å². The first-order chi connectivity index (χ1) is 22.7. The van der Waals surface area contributed by atoms with Gasteiger partial charge in [0.1, 0.15) is 6.04 Å². The number of ether oxygens (including phenoxy) is 4. The quantitative estimate of drug-likeness (QED) is 0.213. The Bertz CT molecular complexity index is 1830. The molecule has 0 radical (unpaired) electrons. The van der Waals surface area contributed by atoms with Crippen molar-refractivity contribution >= 4 is 21.5 Å². The second kappa shape index (κ2) is 20.1. The standard InChI is InChI=1S/C17H20N4O2.C16H20O3.CH2N4.CH4.K.H/c1-11(2)17(21-19-10-18-20-21)13-6-5-12-8-15(22-3)16(23-4)9-14(12)7-13;1-10(2)16(17)12-6-5-11-8-14(18-3)15(19-4)9-13(11)7-12;1-2-4-5-3-1;;;/h5-11,17H,1-4H3;5-10,16-17H,1-4H3;1H,(H,2,3,4,5);1H4;;/q;;;;+1;-1. The zero-order valence-corrected chi connectivity index (χ0v) is 32.1. The molecule has 2 heterocycles. The van der Waals surface area contributed by atoms with E-state index in [2.05, 4.69) is 68.1 Å². The van der Waals surface area contributed by atoms with Gasteiger partial charge in [-0.2, -0.15) is 10.0 Å². The van der Waals surface area contributed by atoms with Crippen molar-refractivity contribution in [2.75, 3.05) is 28.4 Å². The summed E-state index contributed by atoms with van der Waals surface area (Å²) in [6.45, 7) is 8.30. The van der Waals surface area contributed by atoms with Crippen molar-refractivity contribution < 1.29 is 76.9 Å². The molecule has 0 spiro atoms. The molecule has 2 aromatic heterocycles. The van der Waals surface area contributed by atoms with E-state index >= 15 is 0 Å². The van der Waals surface area contributed by atoms with Crippen molar-refractivity contribution in [2.45, 2.75) is 47.3 Å². The summed E-state index contributed by atoms with van der Waals surface area (Å²) in [4.78, 5) is 1.66. The Morgan fingerprint density at radius 3 is 1.51 bits per heavy atom. The zero-order chi connectivity index (χ0) is 33.9. The summed E-state index contributed by atoms with van der Waals surface area (Å²) in [5, 5.41) is 38.7. The van der Waals surface area contributed by atoms with Gasteiger partial charge >= 0.3 is 51.4 Å². The van der Waals surface area contributed by atoms with Crippen molar-refractivity contribution in [2.24, 2.45) is 11.8 Å². The van der Waals surface area contributed by atoms with Gasteiger partial charge in [0.15, 0.2) is 35.7 Å². The molecule has 0 amide bonds. The van der Waals surface area contributed by atoms with Crippen LogP contribution in [0.25, 0.3) is 21.5 Å². The molecule has 0 saturated carbocycles. The fourth-order valence-corrected chi connectivity index (χ4v) is 5.16. The van der Waals surface area contributed by atoms with Gasteiger partial charge in [0.2, 0.25) is 0 Å². The van der Waals surface area contributed by atoms with Crippen LogP contribution in [0.1, 0.15) is 59.8 Å². The van der Waals surface area contributed by atoms with E-state index in [1.165, 1.54) is 12.7 Å². The third kappa shape index (κ3) is 10.7. The van der Waals surface area contributed by atoms with E-state index in [-0.39, 0.29) is 72.2 Å². The molecule has 6 aromatic rings. The van der Waals surface area contributed by atoms with Crippen LogP contribution < -0.4 is 70.3 Å². The number of rotatable bonds is 9. The summed E-state index contributed by atoms with van der Waals surface area (Å²) in [5.74, 6) is 3.39. The molecule has 4 aromatic carbocycles. The van der Waals surface area contributed by atoms with Crippen molar-refractivity contribution in [3.63, 3.8) is 0 Å². The molecule has 0 saturated heterocycles. The molecule has 2 unspecified atom stereocenters. The topological polar surface area (TPSA) is 155 Å². The number of nitrogens with zero attached hydrogens (tertiary/aromatic N) is 7. The second-order valence-corrected chi connectivity index (χ2v) is 11.3. The molecule has 14 heteroatoms. The first-order valence-electron chi connectivity index (χ1n) is 15.1. The van der Waals surface area contributed by atoms with E-state index in [9.17, 15) is 5.11 Å². The van der Waals surface area contributed by atoms with Gasteiger partial charge in [-0.05, 0) is 86.1 Å². The number of hydrogen-bond donors (Lipinski definition) is 2. The molecule has 0 aliphatic carbocycles. The van der Waals surface area contributed by atoms with Crippen LogP contribution in [-0.4, -0.2) is 74.4 Å². The zero-order valence-electron chi connectivity index (χ0n) is 29.9. The molecule has 2 atom stereocenters. The van der Waals surface area contributed by atoms with Gasteiger partial charge in [-0.15, -0.1) is 20.4 Å². The third-order valence-electron chi connectivity index (χ3n) is 7.56. The Hall–Kier alpha value is -3.66. The Morgan fingerprint density at radius 1 is 0.653 bits per heavy atom. The second-order valence-electron chi connectivity index (χ2n) is 11.3. The largest absolute Gasteiger partial charge is 1.00 e. The predicted octanol–water partition coefficient (Wildman–Crippen LogP) is 3.59. The minimum absolute atomic E-state index is 0. The molecular formula is C35H47KN8O5. The molecule has 0 fully saturated rings. The summed E-state index contributed by atoms with van der Waals surface area (Å²) in [7, 11) is 6.53. The van der Waals surface area contributed by atoms with Gasteiger partial charge in [-0.25, -0.2) is 0 Å². The minimum Gasteiger partial charge on any atom is -1.00 e. The average Bonchev–Trinajstić information content (AvgIpc) is 3.85. The van der Waals surface area contributed by atoms with Crippen LogP contribution in [0.4, 0.5) is 0 Å². The van der Waals surface area contributed by atoms with Gasteiger partial charge in [-0.3, -0.25) is 0 Å². The number of nitrogens with one attached hydrogen (secondary N) is 1. The summed E-state index contributed by atoms with van der Waals surface area (Å²) < 4.78 is 21.4. The SMILES string of the molecule is C.COc1cc2ccc(C(C(C)C)n3ncnn3)cc2cc1OC.COc1cc2ccc(C(O)C(C)C)cc2cc1OC.[H-].[K+].c1nn[nH]n1. The van der Waals surface area contributed by atoms with Crippen LogP contribution in [-0.2, 0) is 0 Å².